The van der Waals surface area contributed by atoms with Gasteiger partial charge in [0.2, 0.25) is 11.8 Å². The normalized spacial score (nSPS) is 26.1. The summed E-state index contributed by atoms with van der Waals surface area (Å²) in [5.74, 6) is 0.468. The predicted octanol–water partition coefficient (Wildman–Crippen LogP) is 0.302. The number of benzene rings is 1. The topological polar surface area (TPSA) is 85.5 Å². The Bertz CT molecular complexity index is 661. The van der Waals surface area contributed by atoms with Gasteiger partial charge in [-0.15, -0.1) is 12.4 Å². The molecule has 1 aromatic carbocycles. The summed E-state index contributed by atoms with van der Waals surface area (Å²) in [6.07, 6.45) is 2.18. The highest BCUT2D eigenvalue weighted by atomic mass is 35.5. The summed E-state index contributed by atoms with van der Waals surface area (Å²) in [4.78, 5) is 26.7. The average Bonchev–Trinajstić information content (AvgIpc) is 3.29. The molecule has 8 heteroatoms. The van der Waals surface area contributed by atoms with Gasteiger partial charge in [0.25, 0.3) is 0 Å². The molecule has 0 radical (unpaired) electrons. The van der Waals surface area contributed by atoms with Gasteiger partial charge in [-0.05, 0) is 30.5 Å². The van der Waals surface area contributed by atoms with E-state index in [-0.39, 0.29) is 36.2 Å². The lowest BCUT2D eigenvalue weighted by atomic mass is 9.89. The lowest BCUT2D eigenvalue weighted by molar-refractivity contribution is -0.132. The Morgan fingerprint density at radius 2 is 1.89 bits per heavy atom. The van der Waals surface area contributed by atoms with Gasteiger partial charge in [-0.1, -0.05) is 24.3 Å². The largest absolute Gasteiger partial charge is 0.355 e. The standard InChI is InChI=1S/C19H27N5O2.ClH/c25-17(24-11-13-4-1-2-5-14(13)12-24)6-3-8-21-19(26)18-15-10-20-9-7-16(15)22-23-18;/h1-2,4-5,15-16,18,20,22-23H,3,6-12H2,(H,21,26);1H. The van der Waals surface area contributed by atoms with Gasteiger partial charge in [0.1, 0.15) is 6.04 Å². The molecule has 4 N–H and O–H groups in total. The molecule has 0 aromatic heterocycles. The quantitative estimate of drug-likeness (QED) is 0.541. The number of hydrogen-bond donors (Lipinski definition) is 4. The van der Waals surface area contributed by atoms with Crippen LogP contribution in [0.15, 0.2) is 24.3 Å². The van der Waals surface area contributed by atoms with Crippen molar-refractivity contribution in [2.24, 2.45) is 5.92 Å². The fourth-order valence-electron chi connectivity index (χ4n) is 4.20. The third kappa shape index (κ3) is 4.43. The third-order valence-corrected chi connectivity index (χ3v) is 5.72. The van der Waals surface area contributed by atoms with Crippen molar-refractivity contribution in [2.75, 3.05) is 19.6 Å². The molecule has 0 bridgehead atoms. The van der Waals surface area contributed by atoms with E-state index in [0.717, 1.165) is 19.5 Å². The van der Waals surface area contributed by atoms with Crippen LogP contribution in [0.5, 0.6) is 0 Å². The summed E-state index contributed by atoms with van der Waals surface area (Å²) >= 11 is 0. The van der Waals surface area contributed by atoms with Gasteiger partial charge in [0.15, 0.2) is 0 Å². The van der Waals surface area contributed by atoms with E-state index in [1.165, 1.54) is 11.1 Å². The second-order valence-electron chi connectivity index (χ2n) is 7.44. The number of piperidine rings is 1. The van der Waals surface area contributed by atoms with Crippen LogP contribution >= 0.6 is 12.4 Å². The first-order valence-electron chi connectivity index (χ1n) is 9.56. The van der Waals surface area contributed by atoms with Crippen LogP contribution in [0, 0.1) is 5.92 Å². The summed E-state index contributed by atoms with van der Waals surface area (Å²) in [7, 11) is 0. The van der Waals surface area contributed by atoms with Crippen LogP contribution in [-0.4, -0.2) is 48.4 Å². The summed E-state index contributed by atoms with van der Waals surface area (Å²) in [6.45, 7) is 3.79. The van der Waals surface area contributed by atoms with E-state index in [2.05, 4.69) is 33.6 Å². The number of rotatable bonds is 5. The Hall–Kier alpha value is -1.67. The molecule has 0 aliphatic carbocycles. The SMILES string of the molecule is Cl.O=C(NCCCC(=O)N1Cc2ccccc2C1)C1NNC2CCNCC21. The molecule has 7 nitrogen and oxygen atoms in total. The lowest BCUT2D eigenvalue weighted by Gasteiger charge is -2.27. The summed E-state index contributed by atoms with van der Waals surface area (Å²) in [5, 5.41) is 6.33. The van der Waals surface area contributed by atoms with Gasteiger partial charge < -0.3 is 15.5 Å². The fraction of sp³-hybridized carbons (Fsp3) is 0.579. The summed E-state index contributed by atoms with van der Waals surface area (Å²) < 4.78 is 0. The van der Waals surface area contributed by atoms with Crippen molar-refractivity contribution in [3.63, 3.8) is 0 Å². The van der Waals surface area contributed by atoms with Crippen molar-refractivity contribution >= 4 is 24.2 Å². The van der Waals surface area contributed by atoms with Crippen molar-refractivity contribution in [2.45, 2.75) is 44.4 Å². The van der Waals surface area contributed by atoms with Gasteiger partial charge in [-0.2, -0.15) is 0 Å². The van der Waals surface area contributed by atoms with Crippen molar-refractivity contribution in [1.82, 2.24) is 26.4 Å². The molecule has 3 atom stereocenters. The highest BCUT2D eigenvalue weighted by Crippen LogP contribution is 2.23. The van der Waals surface area contributed by atoms with Gasteiger partial charge in [-0.25, -0.2) is 5.43 Å². The highest BCUT2D eigenvalue weighted by molar-refractivity contribution is 5.85. The molecule has 3 aliphatic rings. The van der Waals surface area contributed by atoms with Gasteiger partial charge in [0.05, 0.1) is 0 Å². The van der Waals surface area contributed by atoms with Crippen LogP contribution in [0.2, 0.25) is 0 Å². The van der Waals surface area contributed by atoms with Crippen LogP contribution in [-0.2, 0) is 22.7 Å². The molecule has 0 spiro atoms. The Balaban J connectivity index is 0.00000210. The Morgan fingerprint density at radius 3 is 2.63 bits per heavy atom. The molecule has 2 saturated heterocycles. The zero-order valence-electron chi connectivity index (χ0n) is 15.4. The number of hydrogen-bond acceptors (Lipinski definition) is 5. The fourth-order valence-corrected chi connectivity index (χ4v) is 4.20. The number of carbonyl (C=O) groups is 2. The van der Waals surface area contributed by atoms with Crippen LogP contribution < -0.4 is 21.5 Å². The molecule has 1 aromatic rings. The molecule has 2 fully saturated rings. The number of fused-ring (bicyclic) bond motifs is 2. The van der Waals surface area contributed by atoms with Crippen molar-refractivity contribution in [3.8, 4) is 0 Å². The molecule has 2 amide bonds. The predicted molar refractivity (Wildman–Crippen MR) is 105 cm³/mol. The number of hydrazine groups is 1. The number of carbonyl (C=O) groups excluding carboxylic acids is 2. The monoisotopic (exact) mass is 393 g/mol. The van der Waals surface area contributed by atoms with E-state index in [1.54, 1.807) is 0 Å². The maximum Gasteiger partial charge on any atom is 0.238 e. The maximum absolute atomic E-state index is 12.4. The molecule has 3 unspecified atom stereocenters. The molecular formula is C19H28ClN5O2. The lowest BCUT2D eigenvalue weighted by Crippen LogP contribution is -2.49. The minimum Gasteiger partial charge on any atom is -0.355 e. The van der Waals surface area contributed by atoms with Crippen molar-refractivity contribution < 1.29 is 9.59 Å². The molecule has 27 heavy (non-hydrogen) atoms. The number of halogens is 1. The Morgan fingerprint density at radius 1 is 1.15 bits per heavy atom. The first-order valence-corrected chi connectivity index (χ1v) is 9.56. The zero-order valence-corrected chi connectivity index (χ0v) is 16.2. The molecule has 148 valence electrons. The van der Waals surface area contributed by atoms with E-state index in [4.69, 9.17) is 0 Å². The molecule has 3 heterocycles. The van der Waals surface area contributed by atoms with Crippen LogP contribution in [0.25, 0.3) is 0 Å². The van der Waals surface area contributed by atoms with Crippen molar-refractivity contribution in [1.29, 1.82) is 0 Å². The van der Waals surface area contributed by atoms with Gasteiger partial charge >= 0.3 is 0 Å². The summed E-state index contributed by atoms with van der Waals surface area (Å²) in [5.41, 5.74) is 8.84. The zero-order chi connectivity index (χ0) is 17.9. The van der Waals surface area contributed by atoms with Crippen LogP contribution in [0.4, 0.5) is 0 Å². The Kier molecular flexibility index (Phi) is 6.70. The smallest absolute Gasteiger partial charge is 0.238 e. The van der Waals surface area contributed by atoms with E-state index < -0.39 is 0 Å². The highest BCUT2D eigenvalue weighted by Gasteiger charge is 2.40. The van der Waals surface area contributed by atoms with Crippen LogP contribution in [0.3, 0.4) is 0 Å². The third-order valence-electron chi connectivity index (χ3n) is 5.72. The van der Waals surface area contributed by atoms with Crippen LogP contribution in [0.1, 0.15) is 30.4 Å². The second kappa shape index (κ2) is 9.01. The van der Waals surface area contributed by atoms with E-state index in [0.29, 0.717) is 38.5 Å². The first kappa shape index (κ1) is 20.1. The molecular weight excluding hydrogens is 366 g/mol. The van der Waals surface area contributed by atoms with E-state index in [1.807, 2.05) is 17.0 Å². The molecule has 0 saturated carbocycles. The maximum atomic E-state index is 12.4. The van der Waals surface area contributed by atoms with E-state index >= 15 is 0 Å². The average molecular weight is 394 g/mol. The number of nitrogens with zero attached hydrogens (tertiary/aromatic N) is 1. The van der Waals surface area contributed by atoms with Gasteiger partial charge in [-0.3, -0.25) is 15.0 Å². The number of amides is 2. The summed E-state index contributed by atoms with van der Waals surface area (Å²) in [6, 6.07) is 8.36. The van der Waals surface area contributed by atoms with Gasteiger partial charge in [0, 0.05) is 44.6 Å². The minimum absolute atomic E-state index is 0. The van der Waals surface area contributed by atoms with Crippen molar-refractivity contribution in [3.05, 3.63) is 35.4 Å². The second-order valence-corrected chi connectivity index (χ2v) is 7.44. The van der Waals surface area contributed by atoms with E-state index in [9.17, 15) is 9.59 Å². The Labute approximate surface area is 166 Å². The molecule has 4 rings (SSSR count). The minimum atomic E-state index is -0.198. The first-order chi connectivity index (χ1) is 12.7. The molecule has 3 aliphatic heterocycles. The number of nitrogens with one attached hydrogen (secondary N) is 4.